The first-order chi connectivity index (χ1) is 12.7. The maximum atomic E-state index is 12.4. The summed E-state index contributed by atoms with van der Waals surface area (Å²) in [6.07, 6.45) is 0. The Hall–Kier alpha value is -3.34. The van der Waals surface area contributed by atoms with Gasteiger partial charge >= 0.3 is 5.97 Å². The zero-order valence-corrected chi connectivity index (χ0v) is 14.4. The zero-order valence-electron chi connectivity index (χ0n) is 14.4. The Morgan fingerprint density at radius 3 is 2.31 bits per heavy atom. The van der Waals surface area contributed by atoms with E-state index in [2.05, 4.69) is 5.32 Å². The first-order valence-electron chi connectivity index (χ1n) is 8.22. The molecule has 0 radical (unpaired) electrons. The third-order valence-electron chi connectivity index (χ3n) is 3.99. The average Bonchev–Trinajstić information content (AvgIpc) is 2.70. The molecule has 0 unspecified atom stereocenters. The number of benzene rings is 3. The molecule has 0 saturated carbocycles. The van der Waals surface area contributed by atoms with Crippen molar-refractivity contribution in [2.75, 3.05) is 13.7 Å². The van der Waals surface area contributed by atoms with Gasteiger partial charge in [-0.15, -0.1) is 0 Å². The molecule has 1 amide bonds. The van der Waals surface area contributed by atoms with E-state index >= 15 is 0 Å². The number of fused-ring (bicyclic) bond motifs is 1. The van der Waals surface area contributed by atoms with Gasteiger partial charge in [-0.1, -0.05) is 54.6 Å². The first-order valence-corrected chi connectivity index (χ1v) is 8.22. The molecule has 0 atom stereocenters. The molecule has 3 aromatic carbocycles. The lowest BCUT2D eigenvalue weighted by molar-refractivity contribution is -0.124. The number of esters is 1. The van der Waals surface area contributed by atoms with Crippen LogP contribution < -0.4 is 10.1 Å². The van der Waals surface area contributed by atoms with Gasteiger partial charge < -0.3 is 14.8 Å². The second-order valence-electron chi connectivity index (χ2n) is 5.70. The number of rotatable bonds is 6. The van der Waals surface area contributed by atoms with Gasteiger partial charge in [-0.2, -0.15) is 0 Å². The number of amides is 1. The van der Waals surface area contributed by atoms with Crippen LogP contribution >= 0.6 is 0 Å². The van der Waals surface area contributed by atoms with Crippen LogP contribution in [0, 0.1) is 0 Å². The summed E-state index contributed by atoms with van der Waals surface area (Å²) in [5.74, 6) is -0.212. The molecule has 3 rings (SSSR count). The van der Waals surface area contributed by atoms with Crippen molar-refractivity contribution in [1.29, 1.82) is 0 Å². The molecule has 0 aliphatic rings. The molecule has 132 valence electrons. The minimum absolute atomic E-state index is 0.327. The van der Waals surface area contributed by atoms with Crippen LogP contribution in [0.15, 0.2) is 66.7 Å². The van der Waals surface area contributed by atoms with Gasteiger partial charge in [0.2, 0.25) is 0 Å². The summed E-state index contributed by atoms with van der Waals surface area (Å²) in [7, 11) is 1.58. The van der Waals surface area contributed by atoms with Crippen LogP contribution in [0.3, 0.4) is 0 Å². The van der Waals surface area contributed by atoms with E-state index in [0.29, 0.717) is 17.9 Å². The molecule has 0 saturated heterocycles. The summed E-state index contributed by atoms with van der Waals surface area (Å²) in [4.78, 5) is 24.3. The minimum atomic E-state index is -0.543. The predicted molar refractivity (Wildman–Crippen MR) is 99.1 cm³/mol. The lowest BCUT2D eigenvalue weighted by atomic mass is 10.0. The van der Waals surface area contributed by atoms with Crippen molar-refractivity contribution >= 4 is 22.6 Å². The van der Waals surface area contributed by atoms with Gasteiger partial charge in [0.15, 0.2) is 6.61 Å². The summed E-state index contributed by atoms with van der Waals surface area (Å²) >= 11 is 0. The van der Waals surface area contributed by atoms with Gasteiger partial charge in [-0.3, -0.25) is 4.79 Å². The summed E-state index contributed by atoms with van der Waals surface area (Å²) in [5.41, 5.74) is 1.38. The van der Waals surface area contributed by atoms with Crippen LogP contribution in [0.1, 0.15) is 15.9 Å². The maximum Gasteiger partial charge on any atom is 0.339 e. The number of methoxy groups -OCH3 is 1. The quantitative estimate of drug-likeness (QED) is 0.694. The van der Waals surface area contributed by atoms with Crippen LogP contribution in [0.25, 0.3) is 10.8 Å². The van der Waals surface area contributed by atoms with E-state index < -0.39 is 5.97 Å². The molecule has 0 aliphatic carbocycles. The molecular formula is C21H19NO4. The number of hydrogen-bond acceptors (Lipinski definition) is 4. The van der Waals surface area contributed by atoms with Crippen molar-refractivity contribution in [2.45, 2.75) is 6.54 Å². The van der Waals surface area contributed by atoms with Gasteiger partial charge in [-0.25, -0.2) is 4.79 Å². The van der Waals surface area contributed by atoms with Crippen LogP contribution in [-0.2, 0) is 16.1 Å². The number of nitrogens with one attached hydrogen (secondary N) is 1. The fraction of sp³-hybridized carbons (Fsp3) is 0.143. The smallest absolute Gasteiger partial charge is 0.339 e. The molecule has 0 heterocycles. The van der Waals surface area contributed by atoms with E-state index in [1.807, 2.05) is 54.6 Å². The standard InChI is InChI=1S/C21H19NO4/c1-25-19-12-11-18(16-9-5-6-10-17(16)19)21(24)26-14-20(23)22-13-15-7-3-2-4-8-15/h2-12H,13-14H2,1H3,(H,22,23). The zero-order chi connectivity index (χ0) is 18.4. The molecule has 0 aliphatic heterocycles. The highest BCUT2D eigenvalue weighted by atomic mass is 16.5. The highest BCUT2D eigenvalue weighted by molar-refractivity contribution is 6.06. The van der Waals surface area contributed by atoms with E-state index in [-0.39, 0.29) is 12.5 Å². The SMILES string of the molecule is COc1ccc(C(=O)OCC(=O)NCc2ccccc2)c2ccccc12. The predicted octanol–water partition coefficient (Wildman–Crippen LogP) is 3.32. The normalized spacial score (nSPS) is 10.3. The summed E-state index contributed by atoms with van der Waals surface area (Å²) in [6.45, 7) is 0.0642. The van der Waals surface area contributed by atoms with Gasteiger partial charge in [0.05, 0.1) is 12.7 Å². The summed E-state index contributed by atoms with van der Waals surface area (Å²) < 4.78 is 10.5. The van der Waals surface area contributed by atoms with E-state index in [1.165, 1.54) is 0 Å². The van der Waals surface area contributed by atoms with Crippen LogP contribution in [0.4, 0.5) is 0 Å². The first kappa shape index (κ1) is 17.5. The fourth-order valence-corrected chi connectivity index (χ4v) is 2.68. The van der Waals surface area contributed by atoms with Crippen LogP contribution in [0.5, 0.6) is 5.75 Å². The molecule has 5 nitrogen and oxygen atoms in total. The molecule has 0 aromatic heterocycles. The molecule has 0 fully saturated rings. The van der Waals surface area contributed by atoms with Crippen LogP contribution in [-0.4, -0.2) is 25.6 Å². The van der Waals surface area contributed by atoms with E-state index in [4.69, 9.17) is 9.47 Å². The highest BCUT2D eigenvalue weighted by Gasteiger charge is 2.15. The number of hydrogen-bond donors (Lipinski definition) is 1. The fourth-order valence-electron chi connectivity index (χ4n) is 2.68. The number of carbonyl (C=O) groups excluding carboxylic acids is 2. The lowest BCUT2D eigenvalue weighted by Crippen LogP contribution is -2.28. The van der Waals surface area contributed by atoms with Gasteiger partial charge in [0.25, 0.3) is 5.91 Å². The Bertz CT molecular complexity index is 922. The third-order valence-corrected chi connectivity index (χ3v) is 3.99. The molecule has 0 bridgehead atoms. The second-order valence-corrected chi connectivity index (χ2v) is 5.70. The van der Waals surface area contributed by atoms with Gasteiger partial charge in [0.1, 0.15) is 5.75 Å². The second kappa shape index (κ2) is 8.16. The molecular weight excluding hydrogens is 330 g/mol. The Morgan fingerprint density at radius 2 is 1.58 bits per heavy atom. The third kappa shape index (κ3) is 4.00. The van der Waals surface area contributed by atoms with Crippen molar-refractivity contribution in [2.24, 2.45) is 0 Å². The Labute approximate surface area is 151 Å². The largest absolute Gasteiger partial charge is 0.496 e. The highest BCUT2D eigenvalue weighted by Crippen LogP contribution is 2.28. The average molecular weight is 349 g/mol. The molecule has 26 heavy (non-hydrogen) atoms. The Balaban J connectivity index is 1.63. The minimum Gasteiger partial charge on any atom is -0.496 e. The van der Waals surface area contributed by atoms with E-state index in [0.717, 1.165) is 16.3 Å². The van der Waals surface area contributed by atoms with Gasteiger partial charge in [0, 0.05) is 11.9 Å². The maximum absolute atomic E-state index is 12.4. The van der Waals surface area contributed by atoms with E-state index in [9.17, 15) is 9.59 Å². The monoisotopic (exact) mass is 349 g/mol. The molecule has 5 heteroatoms. The van der Waals surface area contributed by atoms with Gasteiger partial charge in [-0.05, 0) is 23.1 Å². The molecule has 1 N–H and O–H groups in total. The van der Waals surface area contributed by atoms with Crippen molar-refractivity contribution in [3.05, 3.63) is 77.9 Å². The van der Waals surface area contributed by atoms with Crippen LogP contribution in [0.2, 0.25) is 0 Å². The van der Waals surface area contributed by atoms with Crippen molar-refractivity contribution in [3.63, 3.8) is 0 Å². The van der Waals surface area contributed by atoms with Crippen molar-refractivity contribution in [1.82, 2.24) is 5.32 Å². The molecule has 0 spiro atoms. The van der Waals surface area contributed by atoms with Crippen molar-refractivity contribution < 1.29 is 19.1 Å². The summed E-state index contributed by atoms with van der Waals surface area (Å²) in [5, 5.41) is 4.27. The van der Waals surface area contributed by atoms with Crippen molar-refractivity contribution in [3.8, 4) is 5.75 Å². The number of carbonyl (C=O) groups is 2. The van der Waals surface area contributed by atoms with E-state index in [1.54, 1.807) is 19.2 Å². The molecule has 3 aromatic rings. The topological polar surface area (TPSA) is 64.6 Å². The Morgan fingerprint density at radius 1 is 0.885 bits per heavy atom. The lowest BCUT2D eigenvalue weighted by Gasteiger charge is -2.10. The number of ether oxygens (including phenoxy) is 2. The summed E-state index contributed by atoms with van der Waals surface area (Å²) in [6, 6.07) is 20.3. The Kier molecular flexibility index (Phi) is 5.49.